The first-order valence-electron chi connectivity index (χ1n) is 12.7. The Balaban J connectivity index is 1.25. The van der Waals surface area contributed by atoms with Crippen LogP contribution in [0.4, 0.5) is 0 Å². The largest absolute Gasteiger partial charge is 0.507 e. The van der Waals surface area contributed by atoms with Gasteiger partial charge >= 0.3 is 0 Å². The fourth-order valence-electron chi connectivity index (χ4n) is 5.86. The molecule has 0 aromatic heterocycles. The third-order valence-electron chi connectivity index (χ3n) is 8.01. The topological polar surface area (TPSA) is 71.4 Å². The van der Waals surface area contributed by atoms with Gasteiger partial charge in [-0.1, -0.05) is 48.5 Å². The first-order valence-corrected chi connectivity index (χ1v) is 12.7. The summed E-state index contributed by atoms with van der Waals surface area (Å²) in [5.41, 5.74) is 5.16. The van der Waals surface area contributed by atoms with E-state index in [0.717, 1.165) is 38.3 Å². The van der Waals surface area contributed by atoms with Crippen LogP contribution in [-0.2, 0) is 0 Å². The maximum absolute atomic E-state index is 13.2. The molecule has 0 fully saturated rings. The molecule has 4 nitrogen and oxygen atoms in total. The number of aliphatic hydroxyl groups is 1. The SMILES string of the molecule is CC1=C(C=C2C(=O)c3cc4ccccc4cc3C2=O)CC/C1=C\C1=C(O)c2cc3ccccc3cc2C1=O. The highest BCUT2D eigenvalue weighted by molar-refractivity contribution is 6.40. The van der Waals surface area contributed by atoms with Crippen LogP contribution in [0.25, 0.3) is 27.3 Å². The molecular weight excluding hydrogens is 472 g/mol. The molecule has 3 aliphatic carbocycles. The Morgan fingerprint density at radius 2 is 1.11 bits per heavy atom. The molecule has 3 aliphatic rings. The smallest absolute Gasteiger partial charge is 0.197 e. The number of carbonyl (C=O) groups excluding carboxylic acids is 3. The molecule has 7 rings (SSSR count). The third kappa shape index (κ3) is 3.20. The third-order valence-corrected chi connectivity index (χ3v) is 8.01. The van der Waals surface area contributed by atoms with Crippen molar-refractivity contribution in [3.63, 3.8) is 0 Å². The number of fused-ring (bicyclic) bond motifs is 4. The predicted octanol–water partition coefficient (Wildman–Crippen LogP) is 7.50. The minimum Gasteiger partial charge on any atom is -0.507 e. The van der Waals surface area contributed by atoms with Gasteiger partial charge in [0.05, 0.1) is 11.1 Å². The normalized spacial score (nSPS) is 18.0. The lowest BCUT2D eigenvalue weighted by atomic mass is 10.0. The number of aliphatic hydroxyl groups excluding tert-OH is 1. The molecule has 1 N–H and O–H groups in total. The molecular formula is C34H22O4. The molecule has 4 heteroatoms. The molecule has 0 unspecified atom stereocenters. The van der Waals surface area contributed by atoms with Crippen LogP contribution < -0.4 is 0 Å². The van der Waals surface area contributed by atoms with E-state index in [0.29, 0.717) is 35.1 Å². The molecule has 182 valence electrons. The van der Waals surface area contributed by atoms with Crippen molar-refractivity contribution in [3.05, 3.63) is 135 Å². The Morgan fingerprint density at radius 1 is 0.632 bits per heavy atom. The van der Waals surface area contributed by atoms with Gasteiger partial charge in [0, 0.05) is 22.3 Å². The Morgan fingerprint density at radius 3 is 1.63 bits per heavy atom. The van der Waals surface area contributed by atoms with E-state index in [-0.39, 0.29) is 34.3 Å². The van der Waals surface area contributed by atoms with Gasteiger partial charge in [-0.15, -0.1) is 0 Å². The van der Waals surface area contributed by atoms with E-state index in [1.54, 1.807) is 24.3 Å². The number of hydrogen-bond acceptors (Lipinski definition) is 4. The molecule has 0 aliphatic heterocycles. The number of Topliss-reactive ketones (excluding diaryl/α,β-unsaturated/α-hetero) is 3. The monoisotopic (exact) mass is 494 g/mol. The molecule has 0 bridgehead atoms. The van der Waals surface area contributed by atoms with Crippen molar-refractivity contribution in [2.75, 3.05) is 0 Å². The molecule has 0 spiro atoms. The van der Waals surface area contributed by atoms with Crippen molar-refractivity contribution >= 4 is 44.7 Å². The van der Waals surface area contributed by atoms with E-state index in [1.165, 1.54) is 0 Å². The minimum absolute atomic E-state index is 0.00785. The van der Waals surface area contributed by atoms with E-state index < -0.39 is 0 Å². The van der Waals surface area contributed by atoms with E-state index >= 15 is 0 Å². The van der Waals surface area contributed by atoms with Gasteiger partial charge in [-0.3, -0.25) is 14.4 Å². The van der Waals surface area contributed by atoms with Crippen LogP contribution in [0.15, 0.2) is 113 Å². The van der Waals surface area contributed by atoms with Crippen molar-refractivity contribution in [1.82, 2.24) is 0 Å². The molecule has 4 aromatic rings. The van der Waals surface area contributed by atoms with Gasteiger partial charge in [0.15, 0.2) is 17.3 Å². The van der Waals surface area contributed by atoms with Gasteiger partial charge in [-0.05, 0) is 94.4 Å². The van der Waals surface area contributed by atoms with Gasteiger partial charge in [0.2, 0.25) is 0 Å². The zero-order valence-corrected chi connectivity index (χ0v) is 20.7. The lowest BCUT2D eigenvalue weighted by Crippen LogP contribution is -2.01. The minimum atomic E-state index is -0.248. The second-order valence-electron chi connectivity index (χ2n) is 10.1. The Labute approximate surface area is 218 Å². The molecule has 0 heterocycles. The van der Waals surface area contributed by atoms with E-state index in [4.69, 9.17) is 0 Å². The van der Waals surface area contributed by atoms with Crippen molar-refractivity contribution in [3.8, 4) is 0 Å². The van der Waals surface area contributed by atoms with E-state index in [2.05, 4.69) is 0 Å². The summed E-state index contributed by atoms with van der Waals surface area (Å²) in [7, 11) is 0. The van der Waals surface area contributed by atoms with Crippen molar-refractivity contribution in [2.45, 2.75) is 19.8 Å². The standard InChI is InChI=1S/C34H22O4/c1-18-19(12-29-31(35)25-14-21-6-2-3-7-22(21)15-26(25)32(29)36)10-11-20(18)13-30-33(37)27-16-23-8-4-5-9-24(23)17-28(27)34(30)38/h2-9,12-17,35H,10-11H2,1H3/b19-12+. The summed E-state index contributed by atoms with van der Waals surface area (Å²) in [4.78, 5) is 39.6. The quantitative estimate of drug-likeness (QED) is 0.231. The summed E-state index contributed by atoms with van der Waals surface area (Å²) in [6.45, 7) is 1.94. The number of ketones is 3. The van der Waals surface area contributed by atoms with Crippen LogP contribution in [0.2, 0.25) is 0 Å². The lowest BCUT2D eigenvalue weighted by Gasteiger charge is -2.02. The number of carbonyl (C=O) groups is 3. The second kappa shape index (κ2) is 8.09. The van der Waals surface area contributed by atoms with Crippen molar-refractivity contribution < 1.29 is 19.5 Å². The van der Waals surface area contributed by atoms with Gasteiger partial charge in [0.25, 0.3) is 0 Å². The summed E-state index contributed by atoms with van der Waals surface area (Å²) in [6.07, 6.45) is 4.80. The average molecular weight is 495 g/mol. The Hall–Kier alpha value is -4.83. The summed E-state index contributed by atoms with van der Waals surface area (Å²) in [5, 5.41) is 14.7. The zero-order chi connectivity index (χ0) is 26.1. The van der Waals surface area contributed by atoms with Crippen molar-refractivity contribution in [1.29, 1.82) is 0 Å². The van der Waals surface area contributed by atoms with Crippen LogP contribution in [0.5, 0.6) is 0 Å². The molecule has 0 saturated heterocycles. The highest BCUT2D eigenvalue weighted by Crippen LogP contribution is 2.40. The number of benzene rings is 4. The van der Waals surface area contributed by atoms with Crippen LogP contribution in [-0.4, -0.2) is 22.5 Å². The number of allylic oxidation sites excluding steroid dienone is 7. The van der Waals surface area contributed by atoms with Gasteiger partial charge < -0.3 is 5.11 Å². The fraction of sp³-hybridized carbons (Fsp3) is 0.0882. The molecule has 4 aromatic carbocycles. The van der Waals surface area contributed by atoms with E-state index in [9.17, 15) is 19.5 Å². The number of hydrogen-bond donors (Lipinski definition) is 1. The van der Waals surface area contributed by atoms with Crippen LogP contribution in [0, 0.1) is 0 Å². The van der Waals surface area contributed by atoms with Crippen LogP contribution >= 0.6 is 0 Å². The predicted molar refractivity (Wildman–Crippen MR) is 149 cm³/mol. The summed E-state index contributed by atoms with van der Waals surface area (Å²) >= 11 is 0. The second-order valence-corrected chi connectivity index (χ2v) is 10.1. The molecule has 38 heavy (non-hydrogen) atoms. The number of rotatable bonds is 2. The molecule has 0 atom stereocenters. The first-order chi connectivity index (χ1) is 18.4. The molecule has 0 radical (unpaired) electrons. The van der Waals surface area contributed by atoms with Crippen molar-refractivity contribution in [2.24, 2.45) is 0 Å². The fourth-order valence-corrected chi connectivity index (χ4v) is 5.86. The zero-order valence-electron chi connectivity index (χ0n) is 20.7. The average Bonchev–Trinajstić information content (AvgIpc) is 3.48. The summed E-state index contributed by atoms with van der Waals surface area (Å²) < 4.78 is 0. The van der Waals surface area contributed by atoms with Gasteiger partial charge in [0.1, 0.15) is 5.76 Å². The van der Waals surface area contributed by atoms with Gasteiger partial charge in [-0.2, -0.15) is 0 Å². The van der Waals surface area contributed by atoms with Crippen LogP contribution in [0.3, 0.4) is 0 Å². The highest BCUT2D eigenvalue weighted by atomic mass is 16.3. The Kier molecular flexibility index (Phi) is 4.76. The van der Waals surface area contributed by atoms with E-state index in [1.807, 2.05) is 67.6 Å². The Bertz CT molecular complexity index is 1870. The maximum Gasteiger partial charge on any atom is 0.197 e. The molecule has 0 amide bonds. The summed E-state index contributed by atoms with van der Waals surface area (Å²) in [5.74, 6) is -0.699. The lowest BCUT2D eigenvalue weighted by molar-refractivity contribution is 0.0986. The molecule has 0 saturated carbocycles. The highest BCUT2D eigenvalue weighted by Gasteiger charge is 2.34. The summed E-state index contributed by atoms with van der Waals surface area (Å²) in [6, 6.07) is 22.8. The maximum atomic E-state index is 13.2. The van der Waals surface area contributed by atoms with Crippen LogP contribution in [0.1, 0.15) is 56.4 Å². The first kappa shape index (κ1) is 22.4. The van der Waals surface area contributed by atoms with Gasteiger partial charge in [-0.25, -0.2) is 0 Å².